The molecule has 1 atom stereocenters. The highest BCUT2D eigenvalue weighted by molar-refractivity contribution is 5.66. The standard InChI is InChI=1S/C20H30O3/c1-2-3-4-5-6-7-8-9-10-11-12-13-14-16-19(21)17-15-18-20(22)23/h3-4,6-7,9-10,12-14,16,19,21H,2,5,8,11,15,17-18H2,1H3,(H,22,23)/b4-3+,7-6+,10-9-,13-12+,16-14-/t19-/m1/s1. The topological polar surface area (TPSA) is 57.5 Å². The molecule has 0 saturated carbocycles. The van der Waals surface area contributed by atoms with Crippen LogP contribution in [0.2, 0.25) is 0 Å². The molecular formula is C20H30O3. The van der Waals surface area contributed by atoms with Gasteiger partial charge >= 0.3 is 5.97 Å². The van der Waals surface area contributed by atoms with Crippen molar-refractivity contribution in [1.82, 2.24) is 0 Å². The molecule has 128 valence electrons. The number of hydrogen-bond donors (Lipinski definition) is 2. The number of carboxylic acids is 1. The number of carboxylic acid groups (broad SMARTS) is 1. The molecule has 0 rings (SSSR count). The zero-order chi connectivity index (χ0) is 17.2. The first-order chi connectivity index (χ1) is 11.2. The third-order valence-electron chi connectivity index (χ3n) is 3.02. The molecule has 0 amide bonds. The maximum Gasteiger partial charge on any atom is 0.303 e. The Labute approximate surface area is 140 Å². The quantitative estimate of drug-likeness (QED) is 0.372. The van der Waals surface area contributed by atoms with E-state index in [1.54, 1.807) is 12.2 Å². The number of carbonyl (C=O) groups is 1. The Morgan fingerprint density at radius 3 is 2.04 bits per heavy atom. The molecule has 0 fully saturated rings. The Morgan fingerprint density at radius 2 is 1.48 bits per heavy atom. The van der Waals surface area contributed by atoms with Crippen LogP contribution in [0.1, 0.15) is 51.9 Å². The van der Waals surface area contributed by atoms with E-state index >= 15 is 0 Å². The van der Waals surface area contributed by atoms with E-state index in [9.17, 15) is 9.90 Å². The van der Waals surface area contributed by atoms with Crippen molar-refractivity contribution in [2.45, 2.75) is 58.0 Å². The molecule has 0 aliphatic heterocycles. The first-order valence-electron chi connectivity index (χ1n) is 8.35. The van der Waals surface area contributed by atoms with Crippen molar-refractivity contribution >= 4 is 5.97 Å². The van der Waals surface area contributed by atoms with Gasteiger partial charge in [-0.25, -0.2) is 0 Å². The molecule has 0 heterocycles. The van der Waals surface area contributed by atoms with Gasteiger partial charge in [-0.1, -0.05) is 67.7 Å². The van der Waals surface area contributed by atoms with E-state index in [4.69, 9.17) is 5.11 Å². The minimum Gasteiger partial charge on any atom is -0.481 e. The highest BCUT2D eigenvalue weighted by Gasteiger charge is 2.01. The van der Waals surface area contributed by atoms with Crippen LogP contribution in [0.25, 0.3) is 0 Å². The summed E-state index contributed by atoms with van der Waals surface area (Å²) in [6, 6.07) is 0. The molecule has 23 heavy (non-hydrogen) atoms. The van der Waals surface area contributed by atoms with Gasteiger partial charge in [-0.2, -0.15) is 0 Å². The molecule has 0 aliphatic rings. The first kappa shape index (κ1) is 21.1. The molecule has 2 N–H and O–H groups in total. The summed E-state index contributed by atoms with van der Waals surface area (Å²) >= 11 is 0. The average molecular weight is 318 g/mol. The molecule has 3 heteroatoms. The molecular weight excluding hydrogens is 288 g/mol. The van der Waals surface area contributed by atoms with Crippen molar-refractivity contribution in [3.63, 3.8) is 0 Å². The van der Waals surface area contributed by atoms with Gasteiger partial charge in [-0.3, -0.25) is 4.79 Å². The molecule has 0 aromatic heterocycles. The van der Waals surface area contributed by atoms with Crippen molar-refractivity contribution in [2.24, 2.45) is 0 Å². The average Bonchev–Trinajstić information content (AvgIpc) is 2.51. The Bertz CT molecular complexity index is 428. The predicted molar refractivity (Wildman–Crippen MR) is 97.3 cm³/mol. The van der Waals surface area contributed by atoms with Crippen LogP contribution in [0.5, 0.6) is 0 Å². The smallest absolute Gasteiger partial charge is 0.303 e. The van der Waals surface area contributed by atoms with Crippen LogP contribution in [0.3, 0.4) is 0 Å². The normalized spacial score (nSPS) is 14.2. The van der Waals surface area contributed by atoms with Crippen molar-refractivity contribution in [1.29, 1.82) is 0 Å². The molecule has 0 aromatic carbocycles. The molecule has 0 radical (unpaired) electrons. The van der Waals surface area contributed by atoms with E-state index in [1.807, 2.05) is 12.2 Å². The van der Waals surface area contributed by atoms with Gasteiger partial charge in [0.05, 0.1) is 6.10 Å². The fraction of sp³-hybridized carbons (Fsp3) is 0.450. The zero-order valence-corrected chi connectivity index (χ0v) is 14.1. The molecule has 0 aromatic rings. The molecule has 0 spiro atoms. The van der Waals surface area contributed by atoms with Gasteiger partial charge in [-0.15, -0.1) is 0 Å². The van der Waals surface area contributed by atoms with Crippen LogP contribution < -0.4 is 0 Å². The lowest BCUT2D eigenvalue weighted by atomic mass is 10.1. The summed E-state index contributed by atoms with van der Waals surface area (Å²) < 4.78 is 0. The Balaban J connectivity index is 3.65. The summed E-state index contributed by atoms with van der Waals surface area (Å²) in [5, 5.41) is 18.1. The van der Waals surface area contributed by atoms with E-state index in [-0.39, 0.29) is 6.42 Å². The predicted octanol–water partition coefficient (Wildman–Crippen LogP) is 4.96. The second-order valence-electron chi connectivity index (χ2n) is 5.20. The van der Waals surface area contributed by atoms with Crippen LogP contribution in [-0.2, 0) is 4.79 Å². The summed E-state index contributed by atoms with van der Waals surface area (Å²) in [6.45, 7) is 2.13. The third kappa shape index (κ3) is 18.1. The second kappa shape index (κ2) is 16.5. The van der Waals surface area contributed by atoms with E-state index in [1.165, 1.54) is 0 Å². The number of allylic oxidation sites excluding steroid dienone is 9. The van der Waals surface area contributed by atoms with Gasteiger partial charge < -0.3 is 10.2 Å². The van der Waals surface area contributed by atoms with Gasteiger partial charge in [0, 0.05) is 6.42 Å². The van der Waals surface area contributed by atoms with Gasteiger partial charge in [0.15, 0.2) is 0 Å². The Hall–Kier alpha value is -1.87. The lowest BCUT2D eigenvalue weighted by Gasteiger charge is -2.02. The van der Waals surface area contributed by atoms with Gasteiger partial charge in [0.25, 0.3) is 0 Å². The van der Waals surface area contributed by atoms with E-state index < -0.39 is 12.1 Å². The third-order valence-corrected chi connectivity index (χ3v) is 3.02. The maximum absolute atomic E-state index is 10.3. The van der Waals surface area contributed by atoms with Gasteiger partial charge in [-0.05, 0) is 38.5 Å². The molecule has 0 aliphatic carbocycles. The number of aliphatic carboxylic acids is 1. The van der Waals surface area contributed by atoms with Crippen LogP contribution in [0.15, 0.2) is 60.8 Å². The lowest BCUT2D eigenvalue weighted by molar-refractivity contribution is -0.137. The van der Waals surface area contributed by atoms with Crippen molar-refractivity contribution in [3.05, 3.63) is 60.8 Å². The van der Waals surface area contributed by atoms with Crippen LogP contribution >= 0.6 is 0 Å². The second-order valence-corrected chi connectivity index (χ2v) is 5.20. The summed E-state index contributed by atoms with van der Waals surface area (Å²) in [5.41, 5.74) is 0. The first-order valence-corrected chi connectivity index (χ1v) is 8.35. The van der Waals surface area contributed by atoms with Gasteiger partial charge in [0.2, 0.25) is 0 Å². The van der Waals surface area contributed by atoms with E-state index in [0.717, 1.165) is 25.7 Å². The highest BCUT2D eigenvalue weighted by Crippen LogP contribution is 2.02. The minimum absolute atomic E-state index is 0.106. The summed E-state index contributed by atoms with van der Waals surface area (Å²) in [7, 11) is 0. The number of hydrogen-bond acceptors (Lipinski definition) is 2. The monoisotopic (exact) mass is 318 g/mol. The molecule has 0 unspecified atom stereocenters. The zero-order valence-electron chi connectivity index (χ0n) is 14.1. The SMILES string of the molecule is CC/C=C/C/C=C/C/C=C\C/C=C/C=C\[C@@H](O)CCCC(=O)O. The van der Waals surface area contributed by atoms with E-state index in [2.05, 4.69) is 43.4 Å². The summed E-state index contributed by atoms with van der Waals surface area (Å²) in [6.07, 6.45) is 24.7. The van der Waals surface area contributed by atoms with Crippen LogP contribution in [0.4, 0.5) is 0 Å². The molecule has 3 nitrogen and oxygen atoms in total. The van der Waals surface area contributed by atoms with Crippen LogP contribution in [0, 0.1) is 0 Å². The molecule has 0 bridgehead atoms. The maximum atomic E-state index is 10.3. The lowest BCUT2D eigenvalue weighted by Crippen LogP contribution is -2.03. The number of aliphatic hydroxyl groups excluding tert-OH is 1. The van der Waals surface area contributed by atoms with E-state index in [0.29, 0.717) is 12.8 Å². The summed E-state index contributed by atoms with van der Waals surface area (Å²) in [5.74, 6) is -0.819. The summed E-state index contributed by atoms with van der Waals surface area (Å²) in [4.78, 5) is 10.3. The fourth-order valence-electron chi connectivity index (χ4n) is 1.79. The van der Waals surface area contributed by atoms with Crippen molar-refractivity contribution in [3.8, 4) is 0 Å². The Kier molecular flexibility index (Phi) is 15.2. The Morgan fingerprint density at radius 1 is 0.913 bits per heavy atom. The largest absolute Gasteiger partial charge is 0.481 e. The van der Waals surface area contributed by atoms with Crippen molar-refractivity contribution in [2.75, 3.05) is 0 Å². The molecule has 0 saturated heterocycles. The number of aliphatic hydroxyl groups is 1. The van der Waals surface area contributed by atoms with Gasteiger partial charge in [0.1, 0.15) is 0 Å². The minimum atomic E-state index is -0.819. The highest BCUT2D eigenvalue weighted by atomic mass is 16.4. The van der Waals surface area contributed by atoms with Crippen LogP contribution in [-0.4, -0.2) is 22.3 Å². The number of rotatable bonds is 13. The van der Waals surface area contributed by atoms with Crippen molar-refractivity contribution < 1.29 is 15.0 Å². The fourth-order valence-corrected chi connectivity index (χ4v) is 1.79.